The van der Waals surface area contributed by atoms with Crippen molar-refractivity contribution in [3.63, 3.8) is 0 Å². The summed E-state index contributed by atoms with van der Waals surface area (Å²) < 4.78 is 11.4. The summed E-state index contributed by atoms with van der Waals surface area (Å²) in [6.45, 7) is 7.35. The first-order chi connectivity index (χ1) is 8.37. The SMILES string of the molecule is CC(C)(C)OC(=O)NCCNCc1ccc(I)o1. The van der Waals surface area contributed by atoms with Crippen LogP contribution in [0.2, 0.25) is 0 Å². The summed E-state index contributed by atoms with van der Waals surface area (Å²) in [6, 6.07) is 3.84. The van der Waals surface area contributed by atoms with Crippen molar-refractivity contribution < 1.29 is 13.9 Å². The van der Waals surface area contributed by atoms with Gasteiger partial charge in [-0.3, -0.25) is 0 Å². The molecule has 0 fully saturated rings. The number of carbonyl (C=O) groups excluding carboxylic acids is 1. The number of furan rings is 1. The van der Waals surface area contributed by atoms with Gasteiger partial charge >= 0.3 is 6.09 Å². The van der Waals surface area contributed by atoms with E-state index in [4.69, 9.17) is 9.15 Å². The van der Waals surface area contributed by atoms with E-state index >= 15 is 0 Å². The Morgan fingerprint density at radius 2 is 2.11 bits per heavy atom. The Bertz CT molecular complexity index is 385. The lowest BCUT2D eigenvalue weighted by molar-refractivity contribution is 0.0528. The van der Waals surface area contributed by atoms with Gasteiger partial charge < -0.3 is 19.8 Å². The lowest BCUT2D eigenvalue weighted by Gasteiger charge is -2.19. The Kier molecular flexibility index (Phi) is 5.94. The number of rotatable bonds is 5. The molecule has 0 aliphatic heterocycles. The van der Waals surface area contributed by atoms with Gasteiger partial charge in [-0.25, -0.2) is 4.79 Å². The second-order valence-electron chi connectivity index (χ2n) is 4.81. The average Bonchev–Trinajstić information content (AvgIpc) is 2.61. The number of nitrogens with one attached hydrogen (secondary N) is 2. The highest BCUT2D eigenvalue weighted by Gasteiger charge is 2.15. The number of ether oxygens (including phenoxy) is 1. The molecule has 0 saturated heterocycles. The standard InChI is InChI=1S/C12H19IN2O3/c1-12(2,3)18-11(16)15-7-6-14-8-9-4-5-10(13)17-9/h4-5,14H,6-8H2,1-3H3,(H,15,16). The molecule has 0 aliphatic carbocycles. The molecule has 0 saturated carbocycles. The van der Waals surface area contributed by atoms with Crippen molar-refractivity contribution in [1.29, 1.82) is 0 Å². The molecular formula is C12H19IN2O3. The molecule has 0 spiro atoms. The van der Waals surface area contributed by atoms with E-state index in [-0.39, 0.29) is 0 Å². The molecule has 0 bridgehead atoms. The predicted octanol–water partition coefficient (Wildman–Crippen LogP) is 2.50. The predicted molar refractivity (Wildman–Crippen MR) is 77.4 cm³/mol. The van der Waals surface area contributed by atoms with Gasteiger partial charge in [-0.15, -0.1) is 0 Å². The minimum atomic E-state index is -0.456. The molecule has 18 heavy (non-hydrogen) atoms. The van der Waals surface area contributed by atoms with Gasteiger partial charge in [0.25, 0.3) is 0 Å². The van der Waals surface area contributed by atoms with Crippen LogP contribution in [0.5, 0.6) is 0 Å². The number of amides is 1. The van der Waals surface area contributed by atoms with Crippen LogP contribution in [0.4, 0.5) is 4.79 Å². The summed E-state index contributed by atoms with van der Waals surface area (Å²) in [5, 5.41) is 5.84. The first-order valence-electron chi connectivity index (χ1n) is 5.78. The first kappa shape index (κ1) is 15.3. The number of hydrogen-bond acceptors (Lipinski definition) is 4. The van der Waals surface area contributed by atoms with Crippen LogP contribution in [0, 0.1) is 3.77 Å². The van der Waals surface area contributed by atoms with Crippen LogP contribution in [0.3, 0.4) is 0 Å². The summed E-state index contributed by atoms with van der Waals surface area (Å²) in [5.74, 6) is 0.886. The first-order valence-corrected chi connectivity index (χ1v) is 6.86. The summed E-state index contributed by atoms with van der Waals surface area (Å²) in [5.41, 5.74) is -0.456. The Morgan fingerprint density at radius 1 is 1.39 bits per heavy atom. The van der Waals surface area contributed by atoms with Gasteiger partial charge in [-0.1, -0.05) is 0 Å². The molecule has 102 valence electrons. The molecule has 5 nitrogen and oxygen atoms in total. The summed E-state index contributed by atoms with van der Waals surface area (Å²) in [7, 11) is 0. The number of hydrogen-bond donors (Lipinski definition) is 2. The lowest BCUT2D eigenvalue weighted by Crippen LogP contribution is -2.36. The minimum Gasteiger partial charge on any atom is -0.454 e. The quantitative estimate of drug-likeness (QED) is 0.621. The highest BCUT2D eigenvalue weighted by Crippen LogP contribution is 2.09. The Hall–Kier alpha value is -0.760. The molecule has 1 amide bonds. The number of carbonyl (C=O) groups is 1. The Labute approximate surface area is 121 Å². The van der Waals surface area contributed by atoms with Gasteiger partial charge in [0, 0.05) is 13.1 Å². The molecule has 1 heterocycles. The fraction of sp³-hybridized carbons (Fsp3) is 0.583. The zero-order chi connectivity index (χ0) is 13.6. The maximum atomic E-state index is 11.3. The van der Waals surface area contributed by atoms with Crippen LogP contribution in [-0.2, 0) is 11.3 Å². The van der Waals surface area contributed by atoms with Crippen molar-refractivity contribution in [2.75, 3.05) is 13.1 Å². The van der Waals surface area contributed by atoms with E-state index in [0.29, 0.717) is 19.6 Å². The van der Waals surface area contributed by atoms with Crippen LogP contribution >= 0.6 is 22.6 Å². The molecule has 0 radical (unpaired) electrons. The van der Waals surface area contributed by atoms with Gasteiger partial charge in [-0.05, 0) is 55.5 Å². The number of alkyl carbamates (subject to hydrolysis) is 1. The van der Waals surface area contributed by atoms with Crippen LogP contribution in [-0.4, -0.2) is 24.8 Å². The molecule has 1 aromatic heterocycles. The maximum absolute atomic E-state index is 11.3. The lowest BCUT2D eigenvalue weighted by atomic mass is 10.2. The molecule has 0 atom stereocenters. The molecule has 2 N–H and O–H groups in total. The third-order valence-electron chi connectivity index (χ3n) is 1.90. The topological polar surface area (TPSA) is 63.5 Å². The zero-order valence-electron chi connectivity index (χ0n) is 10.9. The van der Waals surface area contributed by atoms with Crippen molar-refractivity contribution in [2.45, 2.75) is 32.9 Å². The van der Waals surface area contributed by atoms with Crippen molar-refractivity contribution in [2.24, 2.45) is 0 Å². The Balaban J connectivity index is 2.07. The Morgan fingerprint density at radius 3 is 2.67 bits per heavy atom. The van der Waals surface area contributed by atoms with Crippen molar-refractivity contribution in [1.82, 2.24) is 10.6 Å². The minimum absolute atomic E-state index is 0.392. The van der Waals surface area contributed by atoms with E-state index in [9.17, 15) is 4.79 Å². The van der Waals surface area contributed by atoms with Gasteiger partial charge in [0.05, 0.1) is 6.54 Å². The van der Waals surface area contributed by atoms with Crippen molar-refractivity contribution in [3.05, 3.63) is 21.7 Å². The highest BCUT2D eigenvalue weighted by molar-refractivity contribution is 14.1. The summed E-state index contributed by atoms with van der Waals surface area (Å²) >= 11 is 2.12. The van der Waals surface area contributed by atoms with E-state index in [2.05, 4.69) is 33.2 Å². The smallest absolute Gasteiger partial charge is 0.407 e. The van der Waals surface area contributed by atoms with Crippen LogP contribution in [0.25, 0.3) is 0 Å². The normalized spacial score (nSPS) is 11.3. The van der Waals surface area contributed by atoms with E-state index < -0.39 is 11.7 Å². The van der Waals surface area contributed by atoms with Gasteiger partial charge in [-0.2, -0.15) is 0 Å². The summed E-state index contributed by atoms with van der Waals surface area (Å²) in [4.78, 5) is 11.3. The maximum Gasteiger partial charge on any atom is 0.407 e. The van der Waals surface area contributed by atoms with E-state index in [1.54, 1.807) is 0 Å². The average molecular weight is 366 g/mol. The fourth-order valence-electron chi connectivity index (χ4n) is 1.23. The third kappa shape index (κ3) is 6.85. The van der Waals surface area contributed by atoms with Crippen molar-refractivity contribution >= 4 is 28.7 Å². The van der Waals surface area contributed by atoms with Gasteiger partial charge in [0.2, 0.25) is 0 Å². The zero-order valence-corrected chi connectivity index (χ0v) is 13.0. The van der Waals surface area contributed by atoms with Crippen molar-refractivity contribution in [3.8, 4) is 0 Å². The van der Waals surface area contributed by atoms with Crippen LogP contribution in [0.1, 0.15) is 26.5 Å². The molecule has 1 rings (SSSR count). The highest BCUT2D eigenvalue weighted by atomic mass is 127. The third-order valence-corrected chi connectivity index (χ3v) is 2.48. The number of halogens is 1. The summed E-state index contributed by atoms with van der Waals surface area (Å²) in [6.07, 6.45) is -0.392. The molecule has 0 unspecified atom stereocenters. The second kappa shape index (κ2) is 6.98. The van der Waals surface area contributed by atoms with Gasteiger partial charge in [0.15, 0.2) is 3.77 Å². The van der Waals surface area contributed by atoms with Gasteiger partial charge in [0.1, 0.15) is 11.4 Å². The molecule has 1 aromatic rings. The molecular weight excluding hydrogens is 347 g/mol. The van der Waals surface area contributed by atoms with E-state index in [0.717, 1.165) is 9.53 Å². The van der Waals surface area contributed by atoms with E-state index in [1.165, 1.54) is 0 Å². The van der Waals surface area contributed by atoms with Crippen LogP contribution in [0.15, 0.2) is 16.5 Å². The fourth-order valence-corrected chi connectivity index (χ4v) is 1.69. The molecule has 0 aliphatic rings. The second-order valence-corrected chi connectivity index (χ2v) is 5.87. The molecule has 6 heteroatoms. The monoisotopic (exact) mass is 366 g/mol. The van der Waals surface area contributed by atoms with Crippen LogP contribution < -0.4 is 10.6 Å². The molecule has 0 aromatic carbocycles. The van der Waals surface area contributed by atoms with E-state index in [1.807, 2.05) is 32.9 Å². The largest absolute Gasteiger partial charge is 0.454 e.